The average molecular weight is 223 g/mol. The molecular weight excluding hydrogens is 202 g/mol. The Morgan fingerprint density at radius 3 is 2.94 bits per heavy atom. The van der Waals surface area contributed by atoms with Crippen molar-refractivity contribution in [2.24, 2.45) is 0 Å². The molecule has 1 unspecified atom stereocenters. The smallest absolute Gasteiger partial charge is 0.119 e. The zero-order valence-corrected chi connectivity index (χ0v) is 10.1. The summed E-state index contributed by atoms with van der Waals surface area (Å²) in [6.45, 7) is 6.02. The first-order valence-corrected chi connectivity index (χ1v) is 5.80. The van der Waals surface area contributed by atoms with Gasteiger partial charge in [-0.15, -0.1) is 0 Å². The maximum absolute atomic E-state index is 9.31. The fraction of sp³-hybridized carbons (Fsp3) is 0.538. The first-order chi connectivity index (χ1) is 7.72. The van der Waals surface area contributed by atoms with Gasteiger partial charge in [-0.3, -0.25) is 0 Å². The minimum atomic E-state index is -0.251. The molecule has 0 bridgehead atoms. The number of nitrogens with one attached hydrogen (secondary N) is 1. The lowest BCUT2D eigenvalue weighted by Crippen LogP contribution is -2.29. The van der Waals surface area contributed by atoms with Crippen molar-refractivity contribution in [3.63, 3.8) is 0 Å². The second-order valence-electron chi connectivity index (χ2n) is 3.93. The normalized spacial score (nSPS) is 12.4. The summed E-state index contributed by atoms with van der Waals surface area (Å²) in [6, 6.07) is 8.00. The third kappa shape index (κ3) is 5.14. The van der Waals surface area contributed by atoms with Gasteiger partial charge in [0.05, 0.1) is 6.10 Å². The van der Waals surface area contributed by atoms with Crippen molar-refractivity contribution >= 4 is 0 Å². The Kier molecular flexibility index (Phi) is 5.90. The third-order valence-corrected chi connectivity index (χ3v) is 2.39. The predicted molar refractivity (Wildman–Crippen MR) is 65.8 cm³/mol. The molecule has 0 aliphatic rings. The number of hydrogen-bond donors (Lipinski definition) is 2. The maximum Gasteiger partial charge on any atom is 0.119 e. The first kappa shape index (κ1) is 13.0. The molecule has 0 saturated carbocycles. The topological polar surface area (TPSA) is 41.5 Å². The summed E-state index contributed by atoms with van der Waals surface area (Å²) in [6.07, 6.45) is 0.533. The highest BCUT2D eigenvalue weighted by atomic mass is 16.5. The summed E-state index contributed by atoms with van der Waals surface area (Å²) in [5.74, 6) is 0.901. The molecular formula is C13H21NO2. The molecule has 0 aromatic heterocycles. The van der Waals surface area contributed by atoms with Gasteiger partial charge in [0.25, 0.3) is 0 Å². The van der Waals surface area contributed by atoms with Crippen LogP contribution in [-0.2, 0) is 0 Å². The lowest BCUT2D eigenvalue weighted by Gasteiger charge is -2.10. The van der Waals surface area contributed by atoms with Gasteiger partial charge in [0.1, 0.15) is 12.4 Å². The van der Waals surface area contributed by atoms with Crippen LogP contribution in [0, 0.1) is 6.92 Å². The highest BCUT2D eigenvalue weighted by Gasteiger charge is 1.98. The van der Waals surface area contributed by atoms with Crippen LogP contribution in [0.15, 0.2) is 24.3 Å². The van der Waals surface area contributed by atoms with Crippen LogP contribution in [0.5, 0.6) is 5.75 Å². The molecule has 0 fully saturated rings. The highest BCUT2D eigenvalue weighted by molar-refractivity contribution is 5.27. The van der Waals surface area contributed by atoms with Gasteiger partial charge in [0.2, 0.25) is 0 Å². The Bertz CT molecular complexity index is 302. The van der Waals surface area contributed by atoms with Gasteiger partial charge < -0.3 is 15.2 Å². The van der Waals surface area contributed by atoms with Crippen LogP contribution in [0.25, 0.3) is 0 Å². The molecule has 1 atom stereocenters. The molecule has 3 heteroatoms. The molecule has 2 N–H and O–H groups in total. The summed E-state index contributed by atoms with van der Waals surface area (Å²) in [7, 11) is 0. The highest BCUT2D eigenvalue weighted by Crippen LogP contribution is 2.11. The molecule has 0 aliphatic carbocycles. The van der Waals surface area contributed by atoms with Crippen molar-refractivity contribution in [3.8, 4) is 5.75 Å². The lowest BCUT2D eigenvalue weighted by atomic mass is 10.2. The predicted octanol–water partition coefficient (Wildman–Crippen LogP) is 1.73. The Labute approximate surface area is 97.4 Å². The van der Waals surface area contributed by atoms with E-state index in [9.17, 15) is 5.11 Å². The molecule has 1 rings (SSSR count). The average Bonchev–Trinajstić information content (AvgIpc) is 2.28. The summed E-state index contributed by atoms with van der Waals surface area (Å²) in [4.78, 5) is 0. The molecule has 0 radical (unpaired) electrons. The molecule has 16 heavy (non-hydrogen) atoms. The van der Waals surface area contributed by atoms with Gasteiger partial charge in [-0.05, 0) is 31.0 Å². The number of hydrogen-bond acceptors (Lipinski definition) is 3. The van der Waals surface area contributed by atoms with Gasteiger partial charge in [-0.25, -0.2) is 0 Å². The molecule has 0 spiro atoms. The van der Waals surface area contributed by atoms with E-state index in [0.29, 0.717) is 13.2 Å². The monoisotopic (exact) mass is 223 g/mol. The van der Waals surface area contributed by atoms with Crippen LogP contribution in [0.4, 0.5) is 0 Å². The number of aliphatic hydroxyl groups excluding tert-OH is 1. The number of ether oxygens (including phenoxy) is 1. The Hall–Kier alpha value is -1.06. The molecule has 90 valence electrons. The number of aliphatic hydroxyl groups is 1. The SMILES string of the molecule is CCC(O)CNCCOc1cccc(C)c1. The molecule has 0 amide bonds. The van der Waals surface area contributed by atoms with E-state index >= 15 is 0 Å². The maximum atomic E-state index is 9.31. The van der Waals surface area contributed by atoms with E-state index in [-0.39, 0.29) is 6.10 Å². The third-order valence-electron chi connectivity index (χ3n) is 2.39. The second-order valence-corrected chi connectivity index (χ2v) is 3.93. The standard InChI is InChI=1S/C13H21NO2/c1-3-12(15)10-14-7-8-16-13-6-4-5-11(2)9-13/h4-6,9,12,14-15H,3,7-8,10H2,1-2H3. The van der Waals surface area contributed by atoms with Gasteiger partial charge in [0.15, 0.2) is 0 Å². The molecule has 0 aliphatic heterocycles. The number of aryl methyl sites for hydroxylation is 1. The number of benzene rings is 1. The summed E-state index contributed by atoms with van der Waals surface area (Å²) in [5.41, 5.74) is 1.20. The molecule has 1 aromatic carbocycles. The van der Waals surface area contributed by atoms with Crippen LogP contribution in [0.2, 0.25) is 0 Å². The molecule has 0 saturated heterocycles. The molecule has 1 aromatic rings. The van der Waals surface area contributed by atoms with Crippen LogP contribution in [0.3, 0.4) is 0 Å². The minimum absolute atomic E-state index is 0.251. The van der Waals surface area contributed by atoms with Crippen molar-refractivity contribution in [1.82, 2.24) is 5.32 Å². The molecule has 0 heterocycles. The van der Waals surface area contributed by atoms with Gasteiger partial charge in [-0.1, -0.05) is 19.1 Å². The molecule has 3 nitrogen and oxygen atoms in total. The van der Waals surface area contributed by atoms with E-state index in [1.54, 1.807) is 0 Å². The second kappa shape index (κ2) is 7.25. The van der Waals surface area contributed by atoms with Crippen molar-refractivity contribution in [3.05, 3.63) is 29.8 Å². The first-order valence-electron chi connectivity index (χ1n) is 5.80. The number of rotatable bonds is 7. The summed E-state index contributed by atoms with van der Waals surface area (Å²) in [5, 5.41) is 12.5. The van der Waals surface area contributed by atoms with Crippen LogP contribution < -0.4 is 10.1 Å². The van der Waals surface area contributed by atoms with E-state index in [2.05, 4.69) is 5.32 Å². The van der Waals surface area contributed by atoms with E-state index in [1.807, 2.05) is 38.1 Å². The summed E-state index contributed by atoms with van der Waals surface area (Å²) < 4.78 is 5.56. The van der Waals surface area contributed by atoms with Crippen molar-refractivity contribution in [1.29, 1.82) is 0 Å². The Morgan fingerprint density at radius 1 is 1.44 bits per heavy atom. The van der Waals surface area contributed by atoms with Crippen molar-refractivity contribution < 1.29 is 9.84 Å². The zero-order valence-electron chi connectivity index (χ0n) is 10.1. The Balaban J connectivity index is 2.12. The van der Waals surface area contributed by atoms with E-state index in [4.69, 9.17) is 4.74 Å². The van der Waals surface area contributed by atoms with Crippen molar-refractivity contribution in [2.45, 2.75) is 26.4 Å². The minimum Gasteiger partial charge on any atom is -0.492 e. The fourth-order valence-corrected chi connectivity index (χ4v) is 1.36. The van der Waals surface area contributed by atoms with Crippen molar-refractivity contribution in [2.75, 3.05) is 19.7 Å². The van der Waals surface area contributed by atoms with E-state index < -0.39 is 0 Å². The van der Waals surface area contributed by atoms with Gasteiger partial charge in [0, 0.05) is 13.1 Å². The summed E-state index contributed by atoms with van der Waals surface area (Å²) >= 11 is 0. The zero-order chi connectivity index (χ0) is 11.8. The van der Waals surface area contributed by atoms with Gasteiger partial charge in [-0.2, -0.15) is 0 Å². The van der Waals surface area contributed by atoms with E-state index in [0.717, 1.165) is 18.7 Å². The van der Waals surface area contributed by atoms with Gasteiger partial charge >= 0.3 is 0 Å². The van der Waals surface area contributed by atoms with Crippen LogP contribution >= 0.6 is 0 Å². The van der Waals surface area contributed by atoms with Crippen LogP contribution in [0.1, 0.15) is 18.9 Å². The van der Waals surface area contributed by atoms with Crippen LogP contribution in [-0.4, -0.2) is 30.9 Å². The van der Waals surface area contributed by atoms with E-state index in [1.165, 1.54) is 5.56 Å². The fourth-order valence-electron chi connectivity index (χ4n) is 1.36. The Morgan fingerprint density at radius 2 is 2.25 bits per heavy atom. The largest absolute Gasteiger partial charge is 0.492 e. The lowest BCUT2D eigenvalue weighted by molar-refractivity contribution is 0.165. The quantitative estimate of drug-likeness (QED) is 0.692.